The van der Waals surface area contributed by atoms with Crippen molar-refractivity contribution in [3.8, 4) is 0 Å². The molecule has 0 aliphatic rings. The van der Waals surface area contributed by atoms with Gasteiger partial charge in [-0.15, -0.1) is 35.3 Å². The summed E-state index contributed by atoms with van der Waals surface area (Å²) in [5.41, 5.74) is 1.00. The van der Waals surface area contributed by atoms with E-state index in [-0.39, 0.29) is 29.7 Å². The third kappa shape index (κ3) is 7.22. The fourth-order valence-corrected chi connectivity index (χ4v) is 3.67. The van der Waals surface area contributed by atoms with Gasteiger partial charge in [-0.2, -0.15) is 0 Å². The molecule has 2 N–H and O–H groups in total. The van der Waals surface area contributed by atoms with Crippen LogP contribution in [-0.2, 0) is 16.4 Å². The maximum atomic E-state index is 12.1. The Labute approximate surface area is 166 Å². The standard InChI is InChI=1S/C15H28N4O2S2.HI/c1-7-16-14(17-8-9-23(20,21)15(4,5)6)18-10-13-11(2)19-12(3)22-13;/h7-10H2,1-6H3,(H2,16,17,18);1H. The van der Waals surface area contributed by atoms with Crippen molar-refractivity contribution in [2.75, 3.05) is 18.8 Å². The van der Waals surface area contributed by atoms with Crippen molar-refractivity contribution in [3.63, 3.8) is 0 Å². The molecule has 1 aromatic rings. The van der Waals surface area contributed by atoms with Crippen LogP contribution in [0.15, 0.2) is 4.99 Å². The Bertz CT molecular complexity index is 649. The number of rotatable bonds is 6. The lowest BCUT2D eigenvalue weighted by Crippen LogP contribution is -2.41. The summed E-state index contributed by atoms with van der Waals surface area (Å²) in [6, 6.07) is 0. The molecule has 0 unspecified atom stereocenters. The maximum absolute atomic E-state index is 12.1. The molecule has 6 nitrogen and oxygen atoms in total. The van der Waals surface area contributed by atoms with Crippen molar-refractivity contribution in [1.29, 1.82) is 0 Å². The zero-order valence-electron chi connectivity index (χ0n) is 15.3. The lowest BCUT2D eigenvalue weighted by atomic mass is 10.3. The highest BCUT2D eigenvalue weighted by Gasteiger charge is 2.28. The molecule has 0 aromatic carbocycles. The Kier molecular flexibility index (Phi) is 9.73. The van der Waals surface area contributed by atoms with E-state index in [2.05, 4.69) is 20.6 Å². The van der Waals surface area contributed by atoms with Crippen LogP contribution in [-0.4, -0.2) is 43.0 Å². The van der Waals surface area contributed by atoms with Crippen LogP contribution < -0.4 is 10.6 Å². The van der Waals surface area contributed by atoms with Crippen LogP contribution >= 0.6 is 35.3 Å². The van der Waals surface area contributed by atoms with Crippen molar-refractivity contribution in [1.82, 2.24) is 15.6 Å². The number of halogens is 1. The first kappa shape index (κ1) is 23.6. The minimum atomic E-state index is -3.13. The van der Waals surface area contributed by atoms with Crippen LogP contribution in [0.25, 0.3) is 0 Å². The molecule has 1 rings (SSSR count). The average molecular weight is 488 g/mol. The number of sulfone groups is 1. The topological polar surface area (TPSA) is 83.4 Å². The molecule has 0 fully saturated rings. The molecule has 0 amide bonds. The summed E-state index contributed by atoms with van der Waals surface area (Å²) in [7, 11) is -3.13. The molecular weight excluding hydrogens is 459 g/mol. The second-order valence-corrected chi connectivity index (χ2v) is 10.4. The molecule has 0 spiro atoms. The first-order valence-corrected chi connectivity index (χ1v) is 10.2. The van der Waals surface area contributed by atoms with Gasteiger partial charge >= 0.3 is 0 Å². The predicted octanol–water partition coefficient (Wildman–Crippen LogP) is 2.65. The molecule has 0 saturated heterocycles. The molecule has 0 aliphatic heterocycles. The molecule has 0 atom stereocenters. The van der Waals surface area contributed by atoms with Crippen molar-refractivity contribution < 1.29 is 8.42 Å². The number of thiazole rings is 1. The minimum Gasteiger partial charge on any atom is -0.357 e. The number of nitrogens with zero attached hydrogens (tertiary/aromatic N) is 2. The number of aromatic nitrogens is 1. The van der Waals surface area contributed by atoms with E-state index in [9.17, 15) is 8.42 Å². The number of hydrogen-bond acceptors (Lipinski definition) is 5. The zero-order valence-corrected chi connectivity index (χ0v) is 19.2. The van der Waals surface area contributed by atoms with E-state index in [0.29, 0.717) is 19.0 Å². The molecule has 140 valence electrons. The third-order valence-corrected chi connectivity index (χ3v) is 6.99. The first-order chi connectivity index (χ1) is 10.6. The molecule has 9 heteroatoms. The van der Waals surface area contributed by atoms with Crippen LogP contribution in [0.1, 0.15) is 43.3 Å². The van der Waals surface area contributed by atoms with Gasteiger partial charge < -0.3 is 10.6 Å². The predicted molar refractivity (Wildman–Crippen MR) is 113 cm³/mol. The summed E-state index contributed by atoms with van der Waals surface area (Å²) in [5, 5.41) is 7.25. The summed E-state index contributed by atoms with van der Waals surface area (Å²) in [5.74, 6) is 0.710. The van der Waals surface area contributed by atoms with Crippen LogP contribution in [0.4, 0.5) is 0 Å². The average Bonchev–Trinajstić information content (AvgIpc) is 2.72. The SMILES string of the molecule is CCNC(=NCc1sc(C)nc1C)NCCS(=O)(=O)C(C)(C)C.I. The van der Waals surface area contributed by atoms with Gasteiger partial charge in [-0.1, -0.05) is 0 Å². The van der Waals surface area contributed by atoms with Crippen molar-refractivity contribution in [2.45, 2.75) is 52.8 Å². The van der Waals surface area contributed by atoms with E-state index >= 15 is 0 Å². The Morgan fingerprint density at radius 2 is 1.88 bits per heavy atom. The van der Waals surface area contributed by atoms with E-state index in [0.717, 1.165) is 22.1 Å². The van der Waals surface area contributed by atoms with Gasteiger partial charge in [0.15, 0.2) is 15.8 Å². The van der Waals surface area contributed by atoms with Gasteiger partial charge in [0.1, 0.15) is 0 Å². The molecule has 0 radical (unpaired) electrons. The van der Waals surface area contributed by atoms with Crippen molar-refractivity contribution in [3.05, 3.63) is 15.6 Å². The maximum Gasteiger partial charge on any atom is 0.191 e. The molecule has 1 heterocycles. The number of guanidine groups is 1. The largest absolute Gasteiger partial charge is 0.357 e. The normalized spacial score (nSPS) is 12.7. The highest BCUT2D eigenvalue weighted by Crippen LogP contribution is 2.18. The minimum absolute atomic E-state index is 0. The molecule has 24 heavy (non-hydrogen) atoms. The van der Waals surface area contributed by atoms with Gasteiger partial charge in [-0.05, 0) is 41.5 Å². The second-order valence-electron chi connectivity index (χ2n) is 6.29. The molecule has 0 bridgehead atoms. The Hall–Kier alpha value is -0.420. The van der Waals surface area contributed by atoms with Crippen molar-refractivity contribution in [2.24, 2.45) is 4.99 Å². The number of nitrogens with one attached hydrogen (secondary N) is 2. The van der Waals surface area contributed by atoms with E-state index in [1.807, 2.05) is 20.8 Å². The highest BCUT2D eigenvalue weighted by atomic mass is 127. The Morgan fingerprint density at radius 3 is 2.33 bits per heavy atom. The van der Waals surface area contributed by atoms with Crippen molar-refractivity contribution >= 4 is 51.1 Å². The molecule has 0 aliphatic carbocycles. The highest BCUT2D eigenvalue weighted by molar-refractivity contribution is 14.0. The zero-order chi connectivity index (χ0) is 17.7. The number of aryl methyl sites for hydroxylation is 2. The van der Waals surface area contributed by atoms with E-state index in [4.69, 9.17) is 0 Å². The number of hydrogen-bond donors (Lipinski definition) is 2. The van der Waals surface area contributed by atoms with Gasteiger partial charge in [-0.25, -0.2) is 18.4 Å². The fraction of sp³-hybridized carbons (Fsp3) is 0.733. The van der Waals surface area contributed by atoms with Gasteiger partial charge in [0.2, 0.25) is 0 Å². The Morgan fingerprint density at radius 1 is 1.25 bits per heavy atom. The van der Waals surface area contributed by atoms with Gasteiger partial charge in [-0.3, -0.25) is 0 Å². The van der Waals surface area contributed by atoms with E-state index < -0.39 is 14.6 Å². The van der Waals surface area contributed by atoms with Gasteiger partial charge in [0.05, 0.1) is 27.7 Å². The smallest absolute Gasteiger partial charge is 0.191 e. The number of aliphatic imine (C=N–C) groups is 1. The van der Waals surface area contributed by atoms with E-state index in [1.165, 1.54) is 0 Å². The molecule has 1 aromatic heterocycles. The summed E-state index contributed by atoms with van der Waals surface area (Å²) in [4.78, 5) is 10.0. The fourth-order valence-electron chi connectivity index (χ4n) is 1.82. The monoisotopic (exact) mass is 488 g/mol. The van der Waals surface area contributed by atoms with Crippen LogP contribution in [0, 0.1) is 13.8 Å². The Balaban J connectivity index is 0.00000529. The van der Waals surface area contributed by atoms with E-state index in [1.54, 1.807) is 32.1 Å². The van der Waals surface area contributed by atoms with Gasteiger partial charge in [0.25, 0.3) is 0 Å². The third-order valence-electron chi connectivity index (χ3n) is 3.32. The summed E-state index contributed by atoms with van der Waals surface area (Å²) in [6.45, 7) is 12.7. The molecule has 0 saturated carbocycles. The van der Waals surface area contributed by atoms with Crippen LogP contribution in [0.2, 0.25) is 0 Å². The summed E-state index contributed by atoms with van der Waals surface area (Å²) >= 11 is 1.64. The summed E-state index contributed by atoms with van der Waals surface area (Å²) in [6.07, 6.45) is 0. The lowest BCUT2D eigenvalue weighted by Gasteiger charge is -2.19. The van der Waals surface area contributed by atoms with Crippen LogP contribution in [0.3, 0.4) is 0 Å². The molecular formula is C15H29IN4O2S2. The summed E-state index contributed by atoms with van der Waals surface area (Å²) < 4.78 is 23.5. The quantitative estimate of drug-likeness (QED) is 0.366. The van der Waals surface area contributed by atoms with Gasteiger partial charge in [0, 0.05) is 18.0 Å². The van der Waals surface area contributed by atoms with Crippen LogP contribution in [0.5, 0.6) is 0 Å². The second kappa shape index (κ2) is 9.91. The lowest BCUT2D eigenvalue weighted by molar-refractivity contribution is 0.559. The first-order valence-electron chi connectivity index (χ1n) is 7.74.